The largest absolute Gasteiger partial charge is 1.00 e. The van der Waals surface area contributed by atoms with Gasteiger partial charge in [0.15, 0.2) is 6.10 Å². The number of carbonyl (C=O) groups is 3. The Hall–Kier alpha value is -0.0336. The summed E-state index contributed by atoms with van der Waals surface area (Å²) in [7, 11) is 0. The first-order chi connectivity index (χ1) is 6.86. The molecule has 9 heteroatoms. The maximum Gasteiger partial charge on any atom is 1.00 e. The van der Waals surface area contributed by atoms with Crippen LogP contribution in [0.3, 0.4) is 0 Å². The maximum absolute atomic E-state index is 10.8. The number of carbonyl (C=O) groups excluding carboxylic acids is 3. The second kappa shape index (κ2) is 9.04. The number of carboxylic acids is 1. The van der Waals surface area contributed by atoms with E-state index in [2.05, 4.69) is 9.47 Å². The maximum atomic E-state index is 10.8. The third-order valence-corrected chi connectivity index (χ3v) is 1.25. The van der Waals surface area contributed by atoms with Crippen molar-refractivity contribution in [3.05, 3.63) is 0 Å². The third-order valence-electron chi connectivity index (χ3n) is 1.25. The Kier molecular flexibility index (Phi) is 10.4. The molecule has 2 N–H and O–H groups in total. The van der Waals surface area contributed by atoms with Crippen molar-refractivity contribution < 1.29 is 90.6 Å². The van der Waals surface area contributed by atoms with Crippen molar-refractivity contribution in [1.29, 1.82) is 0 Å². The van der Waals surface area contributed by atoms with Gasteiger partial charge in [0.1, 0.15) is 6.10 Å². The van der Waals surface area contributed by atoms with E-state index in [1.54, 1.807) is 0 Å². The number of aliphatic carboxylic acids is 1. The number of aliphatic hydroxyl groups is 2. The molecular weight excluding hydrogens is 251 g/mol. The molecule has 0 aliphatic carbocycles. The number of carboxylic acid groups (broad SMARTS) is 1. The van der Waals surface area contributed by atoms with Crippen molar-refractivity contribution in [2.24, 2.45) is 0 Å². The summed E-state index contributed by atoms with van der Waals surface area (Å²) in [5.41, 5.74) is 0. The number of aliphatic hydroxyl groups excluding tert-OH is 2. The van der Waals surface area contributed by atoms with E-state index in [4.69, 9.17) is 10.2 Å². The van der Waals surface area contributed by atoms with Gasteiger partial charge in [-0.05, 0) is 0 Å². The quantitative estimate of drug-likeness (QED) is 0.283. The summed E-state index contributed by atoms with van der Waals surface area (Å²) in [5.74, 6) is -4.18. The van der Waals surface area contributed by atoms with E-state index in [1.807, 2.05) is 0 Å². The van der Waals surface area contributed by atoms with Crippen LogP contribution in [0.2, 0.25) is 0 Å². The van der Waals surface area contributed by atoms with Crippen LogP contribution in [0, 0.1) is 0 Å². The van der Waals surface area contributed by atoms with Gasteiger partial charge in [-0.15, -0.1) is 0 Å². The van der Waals surface area contributed by atoms with Gasteiger partial charge >= 0.3 is 63.3 Å². The number of hydrogen-bond donors (Lipinski definition) is 2. The van der Waals surface area contributed by atoms with Crippen LogP contribution in [0.5, 0.6) is 0 Å². The van der Waals surface area contributed by atoms with Gasteiger partial charge in [0, 0.05) is 6.92 Å². The van der Waals surface area contributed by atoms with Gasteiger partial charge < -0.3 is 29.6 Å². The molecule has 0 fully saturated rings. The van der Waals surface area contributed by atoms with Crippen molar-refractivity contribution in [3.63, 3.8) is 0 Å². The van der Waals surface area contributed by atoms with E-state index in [1.165, 1.54) is 0 Å². The fourth-order valence-corrected chi connectivity index (χ4v) is 0.514. The third kappa shape index (κ3) is 7.27. The molecule has 0 radical (unpaired) electrons. The molecule has 0 amide bonds. The fourth-order valence-electron chi connectivity index (χ4n) is 0.514. The standard InChI is InChI=1S/C7H10O8.K/c1-3(8)14-2-15-7(13)5(10)4(9)6(11)12;/h4-5,9-10H,2H2,1H3,(H,11,12);/q;+1/p-1. The molecule has 0 heterocycles. The molecule has 0 aromatic rings. The molecule has 0 rings (SSSR count). The number of rotatable bonds is 5. The van der Waals surface area contributed by atoms with E-state index in [9.17, 15) is 19.5 Å². The molecule has 0 aromatic heterocycles. The Morgan fingerprint density at radius 3 is 2.06 bits per heavy atom. The van der Waals surface area contributed by atoms with Crippen molar-refractivity contribution in [2.45, 2.75) is 19.1 Å². The van der Waals surface area contributed by atoms with Crippen LogP contribution in [-0.2, 0) is 23.9 Å². The van der Waals surface area contributed by atoms with Crippen LogP contribution in [0.15, 0.2) is 0 Å². The van der Waals surface area contributed by atoms with Crippen molar-refractivity contribution >= 4 is 17.9 Å². The monoisotopic (exact) mass is 260 g/mol. The molecule has 2 unspecified atom stereocenters. The van der Waals surface area contributed by atoms with Crippen LogP contribution < -0.4 is 56.5 Å². The predicted octanol–water partition coefficient (Wildman–Crippen LogP) is -6.47. The molecule has 2 atom stereocenters. The Balaban J connectivity index is 0. The summed E-state index contributed by atoms with van der Waals surface area (Å²) in [6, 6.07) is 0. The predicted molar refractivity (Wildman–Crippen MR) is 39.7 cm³/mol. The van der Waals surface area contributed by atoms with E-state index < -0.39 is 36.9 Å². The van der Waals surface area contributed by atoms with Crippen LogP contribution in [0.4, 0.5) is 0 Å². The van der Waals surface area contributed by atoms with Crippen LogP contribution in [0.1, 0.15) is 6.92 Å². The van der Waals surface area contributed by atoms with E-state index in [0.717, 1.165) is 6.92 Å². The van der Waals surface area contributed by atoms with Gasteiger partial charge in [-0.25, -0.2) is 4.79 Å². The Bertz CT molecular complexity index is 265. The van der Waals surface area contributed by atoms with Gasteiger partial charge in [-0.2, -0.15) is 0 Å². The van der Waals surface area contributed by atoms with Crippen LogP contribution in [-0.4, -0.2) is 47.1 Å². The van der Waals surface area contributed by atoms with Gasteiger partial charge in [0.05, 0.1) is 5.97 Å². The first-order valence-corrected chi connectivity index (χ1v) is 3.73. The van der Waals surface area contributed by atoms with Gasteiger partial charge in [-0.1, -0.05) is 0 Å². The normalized spacial score (nSPS) is 12.9. The van der Waals surface area contributed by atoms with E-state index in [-0.39, 0.29) is 51.4 Å². The molecule has 0 saturated carbocycles. The zero-order valence-electron chi connectivity index (χ0n) is 8.71. The second-order valence-corrected chi connectivity index (χ2v) is 2.43. The smallest absolute Gasteiger partial charge is 0.547 e. The zero-order valence-corrected chi connectivity index (χ0v) is 11.8. The first-order valence-electron chi connectivity index (χ1n) is 3.73. The van der Waals surface area contributed by atoms with Crippen molar-refractivity contribution in [1.82, 2.24) is 0 Å². The first kappa shape index (κ1) is 18.3. The minimum atomic E-state index is -2.39. The van der Waals surface area contributed by atoms with Crippen molar-refractivity contribution in [2.75, 3.05) is 6.79 Å². The SMILES string of the molecule is CC(=O)OCOC(=O)C(O)C(O)C(=O)[O-].[K+]. The molecule has 0 saturated heterocycles. The second-order valence-electron chi connectivity index (χ2n) is 2.43. The number of ether oxygens (including phenoxy) is 2. The Morgan fingerprint density at radius 1 is 1.19 bits per heavy atom. The summed E-state index contributed by atoms with van der Waals surface area (Å²) in [5, 5.41) is 27.5. The number of esters is 2. The summed E-state index contributed by atoms with van der Waals surface area (Å²) < 4.78 is 8.27. The van der Waals surface area contributed by atoms with Crippen LogP contribution >= 0.6 is 0 Å². The Labute approximate surface area is 133 Å². The van der Waals surface area contributed by atoms with Crippen molar-refractivity contribution in [3.8, 4) is 0 Å². The summed E-state index contributed by atoms with van der Waals surface area (Å²) in [4.78, 5) is 31.0. The average molecular weight is 260 g/mol. The molecule has 0 aliphatic rings. The minimum absolute atomic E-state index is 0. The Morgan fingerprint density at radius 2 is 1.69 bits per heavy atom. The molecule has 8 nitrogen and oxygen atoms in total. The van der Waals surface area contributed by atoms with E-state index in [0.29, 0.717) is 0 Å². The van der Waals surface area contributed by atoms with Gasteiger partial charge in [-0.3, -0.25) is 4.79 Å². The molecule has 86 valence electrons. The zero-order chi connectivity index (χ0) is 12.0. The topological polar surface area (TPSA) is 133 Å². The average Bonchev–Trinajstić information content (AvgIpc) is 2.14. The molecule has 0 bridgehead atoms. The summed E-state index contributed by atoms with van der Waals surface area (Å²) >= 11 is 0. The molecule has 0 aliphatic heterocycles. The number of hydrogen-bond acceptors (Lipinski definition) is 8. The summed E-state index contributed by atoms with van der Waals surface area (Å²) in [6.45, 7) is 0.283. The fraction of sp³-hybridized carbons (Fsp3) is 0.571. The molecular formula is C7H9KO8. The molecule has 0 aromatic carbocycles. The van der Waals surface area contributed by atoms with E-state index >= 15 is 0 Å². The molecule has 16 heavy (non-hydrogen) atoms. The molecule has 0 spiro atoms. The van der Waals surface area contributed by atoms with Crippen LogP contribution in [0.25, 0.3) is 0 Å². The van der Waals surface area contributed by atoms with Gasteiger partial charge in [0.25, 0.3) is 0 Å². The minimum Gasteiger partial charge on any atom is -0.547 e. The summed E-state index contributed by atoms with van der Waals surface area (Å²) in [6.07, 6.45) is -4.68. The van der Waals surface area contributed by atoms with Gasteiger partial charge in [0.2, 0.25) is 6.79 Å².